The van der Waals surface area contributed by atoms with Crippen LogP contribution in [0.15, 0.2) is 22.5 Å². The lowest BCUT2D eigenvalue weighted by atomic mass is 10.0. The molecule has 1 nitrogen and oxygen atoms in total. The van der Waals surface area contributed by atoms with Crippen LogP contribution in [0.2, 0.25) is 0 Å². The van der Waals surface area contributed by atoms with Gasteiger partial charge in [-0.25, -0.2) is 8.78 Å². The first-order valence-electron chi connectivity index (χ1n) is 3.06. The minimum atomic E-state index is -2.48. The molecule has 1 rings (SSSR count). The molecule has 0 spiro atoms. The molecule has 1 aliphatic rings. The van der Waals surface area contributed by atoms with Crippen molar-refractivity contribution in [1.29, 1.82) is 0 Å². The van der Waals surface area contributed by atoms with Crippen molar-refractivity contribution in [3.63, 3.8) is 0 Å². The lowest BCUT2D eigenvalue weighted by Gasteiger charge is -2.20. The molecule has 0 aromatic rings. The molecule has 0 N–H and O–H groups in total. The number of carbonyl (C=O) groups is 1. The Bertz CT molecular complexity index is 281. The molecule has 0 saturated carbocycles. The fraction of sp³-hybridized carbons (Fsp3) is 0.286. The second-order valence-corrected chi connectivity index (χ2v) is 3.36. The molecular weight excluding hydrogens is 209 g/mol. The zero-order valence-corrected chi connectivity index (χ0v) is 7.29. The van der Waals surface area contributed by atoms with Crippen LogP contribution in [0.5, 0.6) is 0 Å². The number of aldehydes is 1. The smallest absolute Gasteiger partial charge is 0.226 e. The molecular formula is C7H4Cl2F2O. The number of carbonyl (C=O) groups excluding carboxylic acids is 1. The van der Waals surface area contributed by atoms with Gasteiger partial charge in [-0.3, -0.25) is 4.79 Å². The van der Waals surface area contributed by atoms with E-state index < -0.39 is 22.4 Å². The van der Waals surface area contributed by atoms with Crippen LogP contribution in [0.1, 0.15) is 6.42 Å². The van der Waals surface area contributed by atoms with Crippen molar-refractivity contribution < 1.29 is 13.6 Å². The summed E-state index contributed by atoms with van der Waals surface area (Å²) in [5, 5.41) is -3.17. The van der Waals surface area contributed by atoms with Gasteiger partial charge in [0.2, 0.25) is 5.13 Å². The Morgan fingerprint density at radius 2 is 2.25 bits per heavy atom. The molecule has 0 amide bonds. The third-order valence-corrected chi connectivity index (χ3v) is 2.32. The average Bonchev–Trinajstić information content (AvgIpc) is 1.99. The van der Waals surface area contributed by atoms with Gasteiger partial charge in [0.1, 0.15) is 17.1 Å². The fourth-order valence-corrected chi connectivity index (χ4v) is 1.23. The Morgan fingerprint density at radius 1 is 1.67 bits per heavy atom. The van der Waals surface area contributed by atoms with Crippen molar-refractivity contribution in [2.45, 2.75) is 11.5 Å². The normalized spacial score (nSPS) is 30.2. The van der Waals surface area contributed by atoms with E-state index >= 15 is 0 Å². The van der Waals surface area contributed by atoms with Gasteiger partial charge in [-0.15, -0.1) is 0 Å². The molecule has 0 fully saturated rings. The zero-order chi connectivity index (χ0) is 9.35. The summed E-state index contributed by atoms with van der Waals surface area (Å²) in [6.45, 7) is 0. The van der Waals surface area contributed by atoms with E-state index in [1.54, 1.807) is 0 Å². The van der Waals surface area contributed by atoms with Crippen LogP contribution in [-0.4, -0.2) is 11.4 Å². The van der Waals surface area contributed by atoms with Gasteiger partial charge in [-0.2, -0.15) is 0 Å². The van der Waals surface area contributed by atoms with Crippen LogP contribution >= 0.6 is 23.2 Å². The summed E-state index contributed by atoms with van der Waals surface area (Å²) in [4.78, 5) is 10.2. The van der Waals surface area contributed by atoms with Crippen molar-refractivity contribution in [3.05, 3.63) is 22.5 Å². The quantitative estimate of drug-likeness (QED) is 0.483. The van der Waals surface area contributed by atoms with Crippen molar-refractivity contribution in [2.75, 3.05) is 0 Å². The van der Waals surface area contributed by atoms with E-state index in [2.05, 4.69) is 0 Å². The van der Waals surface area contributed by atoms with Crippen molar-refractivity contribution in [3.8, 4) is 0 Å². The summed E-state index contributed by atoms with van der Waals surface area (Å²) in [7, 11) is 0. The van der Waals surface area contributed by atoms with Crippen LogP contribution < -0.4 is 0 Å². The van der Waals surface area contributed by atoms with Crippen LogP contribution in [0.3, 0.4) is 0 Å². The molecule has 12 heavy (non-hydrogen) atoms. The van der Waals surface area contributed by atoms with E-state index in [9.17, 15) is 13.6 Å². The van der Waals surface area contributed by atoms with E-state index in [1.807, 2.05) is 0 Å². The largest absolute Gasteiger partial charge is 0.298 e. The molecule has 0 heterocycles. The minimum Gasteiger partial charge on any atom is -0.298 e. The number of alkyl halides is 2. The molecule has 0 saturated heterocycles. The molecule has 5 heteroatoms. The topological polar surface area (TPSA) is 17.1 Å². The molecule has 66 valence electrons. The fourth-order valence-electron chi connectivity index (χ4n) is 0.862. The van der Waals surface area contributed by atoms with E-state index in [0.29, 0.717) is 6.29 Å². The summed E-state index contributed by atoms with van der Waals surface area (Å²) in [5.41, 5.74) is -0.0469. The zero-order valence-electron chi connectivity index (χ0n) is 5.78. The Labute approximate surface area is 77.6 Å². The summed E-state index contributed by atoms with van der Waals surface area (Å²) in [5.74, 6) is -0.998. The van der Waals surface area contributed by atoms with E-state index in [1.165, 1.54) is 0 Å². The minimum absolute atomic E-state index is 0.0469. The highest BCUT2D eigenvalue weighted by Gasteiger charge is 2.37. The van der Waals surface area contributed by atoms with E-state index in [4.69, 9.17) is 23.2 Å². The lowest BCUT2D eigenvalue weighted by molar-refractivity contribution is -0.105. The first-order chi connectivity index (χ1) is 5.47. The van der Waals surface area contributed by atoms with Crippen molar-refractivity contribution in [2.24, 2.45) is 0 Å². The van der Waals surface area contributed by atoms with Crippen LogP contribution in [0.25, 0.3) is 0 Å². The van der Waals surface area contributed by atoms with E-state index in [0.717, 1.165) is 6.08 Å². The molecule has 0 aromatic carbocycles. The number of halogens is 4. The van der Waals surface area contributed by atoms with Gasteiger partial charge in [-0.05, 0) is 11.6 Å². The third kappa shape index (κ3) is 1.67. The van der Waals surface area contributed by atoms with E-state index in [-0.39, 0.29) is 5.57 Å². The number of hydrogen-bond donors (Lipinski definition) is 0. The van der Waals surface area contributed by atoms with Gasteiger partial charge in [0.25, 0.3) is 0 Å². The Morgan fingerprint density at radius 3 is 2.67 bits per heavy atom. The molecule has 0 radical (unpaired) electrons. The first kappa shape index (κ1) is 9.68. The SMILES string of the molecule is O=CC1=CC(F)=C(Cl)C(F)(Cl)C1. The number of hydrogen-bond acceptors (Lipinski definition) is 1. The molecule has 1 atom stereocenters. The van der Waals surface area contributed by atoms with Gasteiger partial charge in [0.05, 0.1) is 0 Å². The summed E-state index contributed by atoms with van der Waals surface area (Å²) >= 11 is 10.4. The number of allylic oxidation sites excluding steroid dienone is 4. The van der Waals surface area contributed by atoms with Gasteiger partial charge < -0.3 is 0 Å². The highest BCUT2D eigenvalue weighted by molar-refractivity contribution is 6.39. The maximum atomic E-state index is 13.1. The van der Waals surface area contributed by atoms with Gasteiger partial charge >= 0.3 is 0 Å². The maximum Gasteiger partial charge on any atom is 0.226 e. The summed E-state index contributed by atoms with van der Waals surface area (Å²) < 4.78 is 25.8. The monoisotopic (exact) mass is 212 g/mol. The average molecular weight is 213 g/mol. The highest BCUT2D eigenvalue weighted by atomic mass is 35.5. The van der Waals surface area contributed by atoms with Crippen molar-refractivity contribution >= 4 is 29.5 Å². The molecule has 0 aliphatic heterocycles. The Kier molecular flexibility index (Phi) is 2.54. The van der Waals surface area contributed by atoms with Gasteiger partial charge in [-0.1, -0.05) is 23.2 Å². The second-order valence-electron chi connectivity index (χ2n) is 2.38. The summed E-state index contributed by atoms with van der Waals surface area (Å²) in [6.07, 6.45) is 0.819. The second kappa shape index (κ2) is 3.15. The Balaban J connectivity index is 3.10. The molecule has 0 aromatic heterocycles. The predicted octanol–water partition coefficient (Wildman–Crippen LogP) is 2.84. The van der Waals surface area contributed by atoms with Crippen molar-refractivity contribution in [1.82, 2.24) is 0 Å². The maximum absolute atomic E-state index is 13.1. The molecule has 1 aliphatic carbocycles. The van der Waals surface area contributed by atoms with Crippen LogP contribution in [0, 0.1) is 0 Å². The van der Waals surface area contributed by atoms with Crippen LogP contribution in [-0.2, 0) is 4.79 Å². The lowest BCUT2D eigenvalue weighted by Crippen LogP contribution is -2.20. The van der Waals surface area contributed by atoms with Crippen LogP contribution in [0.4, 0.5) is 8.78 Å². The standard InChI is InChI=1S/C7H4Cl2F2O/c8-6-5(10)1-4(3-12)2-7(6,9)11/h1,3H,2H2. The first-order valence-corrected chi connectivity index (χ1v) is 3.82. The predicted molar refractivity (Wildman–Crippen MR) is 42.4 cm³/mol. The molecule has 0 bridgehead atoms. The van der Waals surface area contributed by atoms with Gasteiger partial charge in [0.15, 0.2) is 0 Å². The van der Waals surface area contributed by atoms with Gasteiger partial charge in [0, 0.05) is 6.42 Å². The molecule has 1 unspecified atom stereocenters. The third-order valence-electron chi connectivity index (χ3n) is 1.42. The number of rotatable bonds is 1. The highest BCUT2D eigenvalue weighted by Crippen LogP contribution is 2.41. The summed E-state index contributed by atoms with van der Waals surface area (Å²) in [6, 6.07) is 0. The Hall–Kier alpha value is -0.410.